The largest absolute Gasteiger partial charge is 0.247 e. The Kier molecular flexibility index (Phi) is 2.08. The van der Waals surface area contributed by atoms with Gasteiger partial charge in [-0.25, -0.2) is 15.6 Å². The third-order valence-corrected chi connectivity index (χ3v) is 1.30. The lowest BCUT2D eigenvalue weighted by atomic mass is 10.6. The Labute approximate surface area is 55.9 Å². The van der Waals surface area contributed by atoms with E-state index in [1.165, 1.54) is 0 Å². The van der Waals surface area contributed by atoms with Crippen molar-refractivity contribution in [3.8, 4) is 0 Å². The van der Waals surface area contributed by atoms with E-state index in [0.29, 0.717) is 0 Å². The van der Waals surface area contributed by atoms with E-state index in [1.54, 1.807) is 0 Å². The molecule has 3 heteroatoms. The monoisotopic (exact) mass is 127 g/mol. The summed E-state index contributed by atoms with van der Waals surface area (Å²) in [6, 6.07) is 0. The van der Waals surface area contributed by atoms with Crippen molar-refractivity contribution < 1.29 is 0 Å². The third kappa shape index (κ3) is 1.43. The number of nitrogens with one attached hydrogen (secondary N) is 1. The fourth-order valence-corrected chi connectivity index (χ4v) is 0.837. The topological polar surface area (TPSA) is 18.5 Å². The van der Waals surface area contributed by atoms with Crippen molar-refractivity contribution >= 4 is 0 Å². The number of hydrazine groups is 2. The van der Waals surface area contributed by atoms with Gasteiger partial charge in [0.2, 0.25) is 0 Å². The van der Waals surface area contributed by atoms with Gasteiger partial charge in [-0.3, -0.25) is 0 Å². The molecular weight excluding hydrogens is 114 g/mol. The Hall–Kier alpha value is -0.540. The van der Waals surface area contributed by atoms with Gasteiger partial charge in [0.1, 0.15) is 0 Å². The Morgan fingerprint density at radius 1 is 1.67 bits per heavy atom. The maximum absolute atomic E-state index is 3.17. The molecule has 1 rings (SSSR count). The molecule has 52 valence electrons. The van der Waals surface area contributed by atoms with Gasteiger partial charge in [0, 0.05) is 26.3 Å². The molecule has 0 atom stereocenters. The van der Waals surface area contributed by atoms with Gasteiger partial charge < -0.3 is 0 Å². The molecule has 0 saturated carbocycles. The first-order valence-corrected chi connectivity index (χ1v) is 3.25. The molecular formula is C6H13N3. The molecule has 1 N–H and O–H groups in total. The molecule has 0 spiro atoms. The van der Waals surface area contributed by atoms with Gasteiger partial charge in [0.25, 0.3) is 0 Å². The number of hydrogen-bond donors (Lipinski definition) is 1. The van der Waals surface area contributed by atoms with Crippen LogP contribution < -0.4 is 5.43 Å². The maximum Gasteiger partial charge on any atom is 0.0391 e. The highest BCUT2D eigenvalue weighted by molar-refractivity contribution is 4.88. The van der Waals surface area contributed by atoms with Crippen molar-refractivity contribution in [1.82, 2.24) is 15.6 Å². The molecule has 0 amide bonds. The highest BCUT2D eigenvalue weighted by Gasteiger charge is 2.07. The average Bonchev–Trinajstić information content (AvgIpc) is 2.18. The van der Waals surface area contributed by atoms with Crippen LogP contribution in [0.5, 0.6) is 0 Å². The van der Waals surface area contributed by atoms with Gasteiger partial charge in [-0.05, 0) is 6.08 Å². The summed E-state index contributed by atoms with van der Waals surface area (Å²) >= 11 is 0. The first-order chi connectivity index (χ1) is 4.34. The van der Waals surface area contributed by atoms with Gasteiger partial charge in [-0.15, -0.1) is 0 Å². The van der Waals surface area contributed by atoms with Gasteiger partial charge in [0.15, 0.2) is 0 Å². The minimum atomic E-state index is 0.967. The molecule has 0 saturated heterocycles. The first-order valence-electron chi connectivity index (χ1n) is 3.25. The summed E-state index contributed by atoms with van der Waals surface area (Å²) in [5, 5.41) is 4.09. The molecule has 0 fully saturated rings. The SMILES string of the molecule is CCNN1C=CCN1C. The zero-order valence-corrected chi connectivity index (χ0v) is 5.96. The Balaban J connectivity index is 2.31. The molecule has 0 radical (unpaired) electrons. The van der Waals surface area contributed by atoms with Crippen molar-refractivity contribution in [2.45, 2.75) is 6.92 Å². The highest BCUT2D eigenvalue weighted by Crippen LogP contribution is 1.98. The van der Waals surface area contributed by atoms with Crippen LogP contribution in [0.2, 0.25) is 0 Å². The quantitative estimate of drug-likeness (QED) is 0.571. The summed E-state index contributed by atoms with van der Waals surface area (Å²) in [4.78, 5) is 0. The Morgan fingerprint density at radius 2 is 2.44 bits per heavy atom. The summed E-state index contributed by atoms with van der Waals surface area (Å²) in [5.74, 6) is 0. The summed E-state index contributed by atoms with van der Waals surface area (Å²) < 4.78 is 0. The average molecular weight is 127 g/mol. The van der Waals surface area contributed by atoms with Crippen molar-refractivity contribution in [3.05, 3.63) is 12.3 Å². The van der Waals surface area contributed by atoms with Crippen LogP contribution in [0.4, 0.5) is 0 Å². The molecule has 3 nitrogen and oxygen atoms in total. The van der Waals surface area contributed by atoms with E-state index in [-0.39, 0.29) is 0 Å². The van der Waals surface area contributed by atoms with E-state index in [0.717, 1.165) is 13.1 Å². The van der Waals surface area contributed by atoms with Crippen LogP contribution >= 0.6 is 0 Å². The third-order valence-electron chi connectivity index (χ3n) is 1.30. The smallest absolute Gasteiger partial charge is 0.0391 e. The predicted octanol–water partition coefficient (Wildman–Crippen LogP) is 0.187. The van der Waals surface area contributed by atoms with Crippen LogP contribution in [-0.2, 0) is 0 Å². The summed E-state index contributed by atoms with van der Waals surface area (Å²) in [6.45, 7) is 4.06. The fraction of sp³-hybridized carbons (Fsp3) is 0.667. The van der Waals surface area contributed by atoms with Crippen LogP contribution in [0.15, 0.2) is 12.3 Å². The lowest BCUT2D eigenvalue weighted by molar-refractivity contribution is 0.0311. The lowest BCUT2D eigenvalue weighted by Crippen LogP contribution is -2.41. The first kappa shape index (κ1) is 6.58. The molecule has 0 unspecified atom stereocenters. The Bertz CT molecular complexity index is 111. The molecule has 1 aliphatic heterocycles. The van der Waals surface area contributed by atoms with Crippen LogP contribution in [0.25, 0.3) is 0 Å². The molecule has 1 heterocycles. The number of hydrogen-bond acceptors (Lipinski definition) is 3. The second-order valence-electron chi connectivity index (χ2n) is 2.08. The van der Waals surface area contributed by atoms with Gasteiger partial charge in [-0.2, -0.15) is 0 Å². The molecule has 0 aromatic carbocycles. The molecule has 9 heavy (non-hydrogen) atoms. The minimum absolute atomic E-state index is 0.967. The minimum Gasteiger partial charge on any atom is -0.247 e. The molecule has 0 bridgehead atoms. The van der Waals surface area contributed by atoms with Crippen LogP contribution in [0.3, 0.4) is 0 Å². The zero-order valence-electron chi connectivity index (χ0n) is 5.96. The summed E-state index contributed by atoms with van der Waals surface area (Å²) in [5.41, 5.74) is 3.17. The fourth-order valence-electron chi connectivity index (χ4n) is 0.837. The maximum atomic E-state index is 3.17. The van der Waals surface area contributed by atoms with Crippen molar-refractivity contribution in [1.29, 1.82) is 0 Å². The standard InChI is InChI=1S/C6H13N3/c1-3-7-9-6-4-5-8(9)2/h4,6-7H,3,5H2,1-2H3. The van der Waals surface area contributed by atoms with Crippen molar-refractivity contribution in [2.24, 2.45) is 0 Å². The molecule has 0 aromatic heterocycles. The second kappa shape index (κ2) is 2.85. The molecule has 0 aliphatic carbocycles. The van der Waals surface area contributed by atoms with Crippen LogP contribution in [0, 0.1) is 0 Å². The molecule has 0 aromatic rings. The van der Waals surface area contributed by atoms with E-state index >= 15 is 0 Å². The van der Waals surface area contributed by atoms with Gasteiger partial charge >= 0.3 is 0 Å². The number of likely N-dealkylation sites (N-methyl/N-ethyl adjacent to an activating group) is 1. The van der Waals surface area contributed by atoms with Crippen molar-refractivity contribution in [2.75, 3.05) is 20.1 Å². The summed E-state index contributed by atoms with van der Waals surface area (Å²) in [7, 11) is 2.04. The lowest BCUT2D eigenvalue weighted by Gasteiger charge is -2.24. The highest BCUT2D eigenvalue weighted by atomic mass is 15.8. The van der Waals surface area contributed by atoms with E-state index < -0.39 is 0 Å². The number of rotatable bonds is 2. The van der Waals surface area contributed by atoms with E-state index in [4.69, 9.17) is 0 Å². The van der Waals surface area contributed by atoms with E-state index in [9.17, 15) is 0 Å². The second-order valence-corrected chi connectivity index (χ2v) is 2.08. The van der Waals surface area contributed by atoms with Crippen LogP contribution in [0.1, 0.15) is 6.92 Å². The summed E-state index contributed by atoms with van der Waals surface area (Å²) in [6.07, 6.45) is 4.14. The van der Waals surface area contributed by atoms with E-state index in [2.05, 4.69) is 23.4 Å². The van der Waals surface area contributed by atoms with Crippen molar-refractivity contribution in [3.63, 3.8) is 0 Å². The van der Waals surface area contributed by atoms with E-state index in [1.807, 2.05) is 18.4 Å². The van der Waals surface area contributed by atoms with Crippen LogP contribution in [-0.4, -0.2) is 30.3 Å². The Morgan fingerprint density at radius 3 is 2.89 bits per heavy atom. The molecule has 1 aliphatic rings. The van der Waals surface area contributed by atoms with Gasteiger partial charge in [0.05, 0.1) is 0 Å². The normalized spacial score (nSPS) is 19.6. The predicted molar refractivity (Wildman–Crippen MR) is 37.3 cm³/mol. The number of nitrogens with zero attached hydrogens (tertiary/aromatic N) is 2. The zero-order chi connectivity index (χ0) is 6.69. The van der Waals surface area contributed by atoms with Gasteiger partial charge in [-0.1, -0.05) is 6.92 Å².